The van der Waals surface area contributed by atoms with E-state index in [4.69, 9.17) is 0 Å². The Morgan fingerprint density at radius 1 is 1.40 bits per heavy atom. The van der Waals surface area contributed by atoms with E-state index in [-0.39, 0.29) is 24.6 Å². The van der Waals surface area contributed by atoms with Gasteiger partial charge in [-0.25, -0.2) is 4.79 Å². The number of aliphatic hydroxyl groups excluding tert-OH is 1. The van der Waals surface area contributed by atoms with Crippen LogP contribution in [0.2, 0.25) is 0 Å². The van der Waals surface area contributed by atoms with E-state index in [1.165, 1.54) is 6.42 Å². The van der Waals surface area contributed by atoms with Crippen molar-refractivity contribution < 1.29 is 9.90 Å². The molecular weight excluding hydrogens is 192 g/mol. The van der Waals surface area contributed by atoms with Crippen molar-refractivity contribution in [3.63, 3.8) is 0 Å². The fourth-order valence-electron chi connectivity index (χ4n) is 2.07. The maximum absolute atomic E-state index is 11.4. The van der Waals surface area contributed by atoms with Crippen LogP contribution in [0.3, 0.4) is 0 Å². The van der Waals surface area contributed by atoms with E-state index in [1.54, 1.807) is 0 Å². The lowest BCUT2D eigenvalue weighted by Gasteiger charge is -2.30. The molecule has 4 nitrogen and oxygen atoms in total. The summed E-state index contributed by atoms with van der Waals surface area (Å²) in [5.41, 5.74) is 0. The van der Waals surface area contributed by atoms with Crippen molar-refractivity contribution in [2.24, 2.45) is 5.92 Å². The smallest absolute Gasteiger partial charge is 0.315 e. The van der Waals surface area contributed by atoms with Gasteiger partial charge in [-0.3, -0.25) is 0 Å². The molecule has 1 aliphatic carbocycles. The molecule has 1 rings (SSSR count). The van der Waals surface area contributed by atoms with Gasteiger partial charge in [0.2, 0.25) is 0 Å². The van der Waals surface area contributed by atoms with Crippen molar-refractivity contribution in [3.05, 3.63) is 0 Å². The molecule has 0 bridgehead atoms. The summed E-state index contributed by atoms with van der Waals surface area (Å²) < 4.78 is 0. The van der Waals surface area contributed by atoms with Crippen LogP contribution in [0.4, 0.5) is 4.79 Å². The molecule has 0 aromatic heterocycles. The predicted octanol–water partition coefficient (Wildman–Crippen LogP) is 1.25. The number of hydrogen-bond acceptors (Lipinski definition) is 2. The minimum Gasteiger partial charge on any atom is -0.396 e. The second kappa shape index (κ2) is 6.67. The minimum absolute atomic E-state index is 0.0952. The van der Waals surface area contributed by atoms with E-state index < -0.39 is 0 Å². The normalized spacial score (nSPS) is 26.0. The molecule has 2 atom stereocenters. The molecule has 0 spiro atoms. The first-order valence-corrected chi connectivity index (χ1v) is 5.93. The summed E-state index contributed by atoms with van der Waals surface area (Å²) in [4.78, 5) is 11.4. The Labute approximate surface area is 91.4 Å². The molecule has 1 fully saturated rings. The highest BCUT2D eigenvalue weighted by molar-refractivity contribution is 5.74. The molecule has 0 aliphatic heterocycles. The summed E-state index contributed by atoms with van der Waals surface area (Å²) >= 11 is 0. The van der Waals surface area contributed by atoms with Crippen molar-refractivity contribution in [2.75, 3.05) is 13.2 Å². The molecule has 88 valence electrons. The van der Waals surface area contributed by atoms with Crippen molar-refractivity contribution in [1.82, 2.24) is 10.6 Å². The SMILES string of the molecule is CCCNC(=O)NC1CCCCC1CO. The monoisotopic (exact) mass is 214 g/mol. The van der Waals surface area contributed by atoms with Crippen LogP contribution in [0.25, 0.3) is 0 Å². The van der Waals surface area contributed by atoms with Crippen LogP contribution in [0.5, 0.6) is 0 Å². The van der Waals surface area contributed by atoms with Gasteiger partial charge in [-0.15, -0.1) is 0 Å². The van der Waals surface area contributed by atoms with Crippen molar-refractivity contribution in [3.8, 4) is 0 Å². The quantitative estimate of drug-likeness (QED) is 0.659. The molecule has 2 unspecified atom stereocenters. The number of hydrogen-bond donors (Lipinski definition) is 3. The first kappa shape index (κ1) is 12.3. The van der Waals surface area contributed by atoms with Crippen LogP contribution in [0.1, 0.15) is 39.0 Å². The summed E-state index contributed by atoms with van der Waals surface area (Å²) in [6.45, 7) is 2.92. The molecule has 0 aromatic rings. The zero-order valence-corrected chi connectivity index (χ0v) is 9.46. The number of aliphatic hydroxyl groups is 1. The van der Waals surface area contributed by atoms with Gasteiger partial charge in [0.05, 0.1) is 0 Å². The Kier molecular flexibility index (Phi) is 5.47. The molecule has 3 N–H and O–H groups in total. The number of carbonyl (C=O) groups is 1. The minimum atomic E-state index is -0.0952. The van der Waals surface area contributed by atoms with Crippen molar-refractivity contribution >= 4 is 6.03 Å². The highest BCUT2D eigenvalue weighted by Gasteiger charge is 2.25. The molecule has 2 amide bonds. The van der Waals surface area contributed by atoms with Crippen LogP contribution in [0.15, 0.2) is 0 Å². The molecule has 0 saturated heterocycles. The van der Waals surface area contributed by atoms with Crippen LogP contribution in [0, 0.1) is 5.92 Å². The number of carbonyl (C=O) groups excluding carboxylic acids is 1. The fourth-order valence-corrected chi connectivity index (χ4v) is 2.07. The van der Waals surface area contributed by atoms with Gasteiger partial charge in [-0.2, -0.15) is 0 Å². The average molecular weight is 214 g/mol. The Bertz CT molecular complexity index is 197. The third-order valence-corrected chi connectivity index (χ3v) is 3.00. The molecule has 15 heavy (non-hydrogen) atoms. The molecule has 1 aliphatic rings. The fraction of sp³-hybridized carbons (Fsp3) is 0.909. The average Bonchev–Trinajstić information content (AvgIpc) is 2.27. The number of nitrogens with one attached hydrogen (secondary N) is 2. The van der Waals surface area contributed by atoms with Gasteiger partial charge in [0.15, 0.2) is 0 Å². The van der Waals surface area contributed by atoms with Gasteiger partial charge in [-0.1, -0.05) is 19.8 Å². The number of urea groups is 1. The van der Waals surface area contributed by atoms with Crippen LogP contribution < -0.4 is 10.6 Å². The van der Waals surface area contributed by atoms with Crippen LogP contribution in [-0.4, -0.2) is 30.3 Å². The molecule has 0 heterocycles. The largest absolute Gasteiger partial charge is 0.396 e. The molecule has 0 radical (unpaired) electrons. The Morgan fingerprint density at radius 3 is 2.80 bits per heavy atom. The van der Waals surface area contributed by atoms with Crippen molar-refractivity contribution in [2.45, 2.75) is 45.1 Å². The van der Waals surface area contributed by atoms with E-state index in [1.807, 2.05) is 6.92 Å². The standard InChI is InChI=1S/C11H22N2O2/c1-2-7-12-11(15)13-10-6-4-3-5-9(10)8-14/h9-10,14H,2-8H2,1H3,(H2,12,13,15). The third kappa shape index (κ3) is 4.08. The zero-order chi connectivity index (χ0) is 11.1. The third-order valence-electron chi connectivity index (χ3n) is 3.00. The van der Waals surface area contributed by atoms with Gasteiger partial charge in [0, 0.05) is 25.1 Å². The van der Waals surface area contributed by atoms with Gasteiger partial charge in [0.25, 0.3) is 0 Å². The van der Waals surface area contributed by atoms with Crippen LogP contribution in [-0.2, 0) is 0 Å². The van der Waals surface area contributed by atoms with Gasteiger partial charge in [-0.05, 0) is 19.3 Å². The molecule has 0 aromatic carbocycles. The van der Waals surface area contributed by atoms with Gasteiger partial charge >= 0.3 is 6.03 Å². The second-order valence-corrected chi connectivity index (χ2v) is 4.23. The number of rotatable bonds is 4. The van der Waals surface area contributed by atoms with Crippen molar-refractivity contribution in [1.29, 1.82) is 0 Å². The van der Waals surface area contributed by atoms with Gasteiger partial charge in [0.1, 0.15) is 0 Å². The summed E-state index contributed by atoms with van der Waals surface area (Å²) in [6, 6.07) is 0.0582. The van der Waals surface area contributed by atoms with E-state index >= 15 is 0 Å². The second-order valence-electron chi connectivity index (χ2n) is 4.23. The Balaban J connectivity index is 2.30. The first-order chi connectivity index (χ1) is 7.27. The summed E-state index contributed by atoms with van der Waals surface area (Å²) in [7, 11) is 0. The number of amides is 2. The lowest BCUT2D eigenvalue weighted by Crippen LogP contribution is -2.47. The predicted molar refractivity (Wildman–Crippen MR) is 59.7 cm³/mol. The summed E-state index contributed by atoms with van der Waals surface area (Å²) in [5, 5.41) is 14.9. The first-order valence-electron chi connectivity index (χ1n) is 5.93. The lowest BCUT2D eigenvalue weighted by molar-refractivity contribution is 0.153. The maximum Gasteiger partial charge on any atom is 0.315 e. The van der Waals surface area contributed by atoms with Crippen LogP contribution >= 0.6 is 0 Å². The van der Waals surface area contributed by atoms with E-state index in [9.17, 15) is 9.90 Å². The highest BCUT2D eigenvalue weighted by atomic mass is 16.3. The summed E-state index contributed by atoms with van der Waals surface area (Å²) in [6.07, 6.45) is 5.27. The maximum atomic E-state index is 11.4. The zero-order valence-electron chi connectivity index (χ0n) is 9.46. The highest BCUT2D eigenvalue weighted by Crippen LogP contribution is 2.23. The van der Waals surface area contributed by atoms with Gasteiger partial charge < -0.3 is 15.7 Å². The Hall–Kier alpha value is -0.770. The Morgan fingerprint density at radius 2 is 2.13 bits per heavy atom. The molecule has 4 heteroatoms. The van der Waals surface area contributed by atoms with E-state index in [2.05, 4.69) is 10.6 Å². The van der Waals surface area contributed by atoms with E-state index in [0.29, 0.717) is 6.54 Å². The molecule has 1 saturated carbocycles. The summed E-state index contributed by atoms with van der Waals surface area (Å²) in [5.74, 6) is 0.242. The topological polar surface area (TPSA) is 61.4 Å². The van der Waals surface area contributed by atoms with E-state index in [0.717, 1.165) is 25.7 Å². The lowest BCUT2D eigenvalue weighted by atomic mass is 9.85. The molecular formula is C11H22N2O2.